The number of morpholine rings is 1. The van der Waals surface area contributed by atoms with Gasteiger partial charge in [0, 0.05) is 63.5 Å². The normalized spacial score (nSPS) is 16.7. The zero-order valence-electron chi connectivity index (χ0n) is 24.3. The first kappa shape index (κ1) is 28.7. The van der Waals surface area contributed by atoms with Gasteiger partial charge in [-0.15, -0.1) is 10.2 Å². The summed E-state index contributed by atoms with van der Waals surface area (Å²) in [5.41, 5.74) is 2.17. The van der Waals surface area contributed by atoms with Gasteiger partial charge in [-0.3, -0.25) is 14.5 Å². The summed E-state index contributed by atoms with van der Waals surface area (Å²) in [6.45, 7) is 6.55. The summed E-state index contributed by atoms with van der Waals surface area (Å²) in [5.74, 6) is 2.41. The van der Waals surface area contributed by atoms with Crippen molar-refractivity contribution in [2.45, 2.75) is 0 Å². The number of hydrogen-bond donors (Lipinski definition) is 0. The number of fused-ring (bicyclic) bond motifs is 1. The van der Waals surface area contributed by atoms with Crippen LogP contribution in [0.25, 0.3) is 11.3 Å². The average molecular weight is 589 g/mol. The van der Waals surface area contributed by atoms with Crippen LogP contribution in [0.1, 0.15) is 10.4 Å². The molecule has 3 aliphatic rings. The van der Waals surface area contributed by atoms with E-state index < -0.39 is 0 Å². The van der Waals surface area contributed by atoms with Crippen LogP contribution < -0.4 is 19.1 Å². The van der Waals surface area contributed by atoms with Gasteiger partial charge in [0.05, 0.1) is 26.0 Å². The van der Waals surface area contributed by atoms with E-state index in [0.717, 1.165) is 35.9 Å². The van der Waals surface area contributed by atoms with Crippen LogP contribution in [0.15, 0.2) is 54.6 Å². The van der Waals surface area contributed by atoms with Gasteiger partial charge in [0.25, 0.3) is 5.91 Å². The van der Waals surface area contributed by atoms with Crippen LogP contribution in [0.2, 0.25) is 0 Å². The minimum atomic E-state index is -0.204. The van der Waals surface area contributed by atoms with Crippen LogP contribution in [0, 0.1) is 0 Å². The summed E-state index contributed by atoms with van der Waals surface area (Å²) < 4.78 is 21.6. The van der Waals surface area contributed by atoms with Crippen LogP contribution in [-0.4, -0.2) is 123 Å². The highest BCUT2D eigenvalue weighted by Gasteiger charge is 2.27. The van der Waals surface area contributed by atoms with Crippen molar-refractivity contribution < 1.29 is 28.5 Å². The van der Waals surface area contributed by atoms with Crippen molar-refractivity contribution in [3.63, 3.8) is 0 Å². The van der Waals surface area contributed by atoms with Crippen LogP contribution in [0.3, 0.4) is 0 Å². The number of rotatable bonds is 9. The minimum Gasteiger partial charge on any atom is -0.497 e. The summed E-state index contributed by atoms with van der Waals surface area (Å²) in [5, 5.41) is 8.87. The van der Waals surface area contributed by atoms with Crippen molar-refractivity contribution in [2.75, 3.05) is 90.9 Å². The number of benzene rings is 2. The molecule has 2 amide bonds. The SMILES string of the molecule is COc1cccc(-c2ccc(N3CCN(C(=O)CN(CCN4CCOCC4)C(=O)c4ccc5c(c4)OCO5)CC3)nn2)c1. The second-order valence-electron chi connectivity index (χ2n) is 10.6. The Labute approximate surface area is 250 Å². The molecule has 0 unspecified atom stereocenters. The van der Waals surface area contributed by atoms with E-state index >= 15 is 0 Å². The Kier molecular flexibility index (Phi) is 8.85. The maximum atomic E-state index is 13.6. The Bertz CT molecular complexity index is 1420. The third kappa shape index (κ3) is 6.81. The first-order chi connectivity index (χ1) is 21.1. The number of aromatic nitrogens is 2. The Balaban J connectivity index is 1.07. The van der Waals surface area contributed by atoms with Gasteiger partial charge in [0.1, 0.15) is 12.3 Å². The molecular formula is C31H36N6O6. The number of nitrogens with zero attached hydrogens (tertiary/aromatic N) is 6. The summed E-state index contributed by atoms with van der Waals surface area (Å²) in [4.78, 5) is 34.9. The van der Waals surface area contributed by atoms with E-state index in [1.165, 1.54) is 0 Å². The van der Waals surface area contributed by atoms with Gasteiger partial charge in [-0.25, -0.2) is 0 Å². The van der Waals surface area contributed by atoms with Crippen molar-refractivity contribution in [3.8, 4) is 28.5 Å². The third-order valence-electron chi connectivity index (χ3n) is 8.00. The van der Waals surface area contributed by atoms with Crippen molar-refractivity contribution in [1.29, 1.82) is 0 Å². The number of anilines is 1. The van der Waals surface area contributed by atoms with E-state index in [-0.39, 0.29) is 25.2 Å². The minimum absolute atomic E-state index is 0.00660. The predicted molar refractivity (Wildman–Crippen MR) is 159 cm³/mol. The standard InChI is InChI=1S/C31H36N6O6/c1-40-25-4-2-3-23(19-25)26-6-8-29(33-32-26)35-11-13-36(14-12-35)30(38)21-37(10-9-34-15-17-41-18-16-34)31(39)24-5-7-27-28(20-24)43-22-42-27/h2-8,19-20H,9-18,21-22H2,1H3. The Morgan fingerprint density at radius 1 is 0.907 bits per heavy atom. The molecule has 2 aromatic carbocycles. The fraction of sp³-hybridized carbons (Fsp3) is 0.419. The van der Waals surface area contributed by atoms with Crippen molar-refractivity contribution >= 4 is 17.6 Å². The zero-order valence-corrected chi connectivity index (χ0v) is 24.3. The lowest BCUT2D eigenvalue weighted by atomic mass is 10.1. The van der Waals surface area contributed by atoms with Gasteiger partial charge < -0.3 is 33.6 Å². The van der Waals surface area contributed by atoms with E-state index in [4.69, 9.17) is 18.9 Å². The van der Waals surface area contributed by atoms with E-state index in [1.807, 2.05) is 41.3 Å². The maximum absolute atomic E-state index is 13.6. The van der Waals surface area contributed by atoms with Gasteiger partial charge in [-0.05, 0) is 42.5 Å². The van der Waals surface area contributed by atoms with Gasteiger partial charge in [0.2, 0.25) is 12.7 Å². The average Bonchev–Trinajstić information content (AvgIpc) is 3.55. The lowest BCUT2D eigenvalue weighted by Gasteiger charge is -2.36. The summed E-state index contributed by atoms with van der Waals surface area (Å²) >= 11 is 0. The monoisotopic (exact) mass is 588 g/mol. The quantitative estimate of drug-likeness (QED) is 0.368. The smallest absolute Gasteiger partial charge is 0.254 e. The predicted octanol–water partition coefficient (Wildman–Crippen LogP) is 2.00. The number of ether oxygens (including phenoxy) is 4. The molecule has 3 aromatic rings. The molecule has 2 saturated heterocycles. The number of methoxy groups -OCH3 is 1. The summed E-state index contributed by atoms with van der Waals surface area (Å²) in [7, 11) is 1.64. The molecule has 43 heavy (non-hydrogen) atoms. The van der Waals surface area contributed by atoms with E-state index in [0.29, 0.717) is 69.5 Å². The van der Waals surface area contributed by atoms with Crippen LogP contribution in [-0.2, 0) is 9.53 Å². The molecule has 2 fully saturated rings. The lowest BCUT2D eigenvalue weighted by molar-refractivity contribution is -0.132. The number of piperazine rings is 1. The van der Waals surface area contributed by atoms with Gasteiger partial charge in [0.15, 0.2) is 17.3 Å². The molecule has 0 radical (unpaired) electrons. The first-order valence-corrected chi connectivity index (χ1v) is 14.6. The Morgan fingerprint density at radius 3 is 2.49 bits per heavy atom. The van der Waals surface area contributed by atoms with Gasteiger partial charge >= 0.3 is 0 Å². The number of hydrogen-bond acceptors (Lipinski definition) is 10. The van der Waals surface area contributed by atoms with Crippen LogP contribution in [0.4, 0.5) is 5.82 Å². The molecule has 6 rings (SSSR count). The Hall–Kier alpha value is -4.42. The topological polar surface area (TPSA) is 110 Å². The van der Waals surface area contributed by atoms with Crippen molar-refractivity contribution in [2.24, 2.45) is 0 Å². The van der Waals surface area contributed by atoms with E-state index in [2.05, 4.69) is 20.0 Å². The van der Waals surface area contributed by atoms with E-state index in [9.17, 15) is 9.59 Å². The molecule has 12 heteroatoms. The fourth-order valence-corrected chi connectivity index (χ4v) is 5.43. The molecule has 0 aliphatic carbocycles. The summed E-state index contributed by atoms with van der Waals surface area (Å²) in [6, 6.07) is 16.8. The van der Waals surface area contributed by atoms with Crippen LogP contribution in [0.5, 0.6) is 17.2 Å². The molecule has 12 nitrogen and oxygen atoms in total. The largest absolute Gasteiger partial charge is 0.497 e. The van der Waals surface area contributed by atoms with Gasteiger partial charge in [-0.1, -0.05) is 12.1 Å². The first-order valence-electron chi connectivity index (χ1n) is 14.6. The molecule has 4 heterocycles. The number of carbonyl (C=O) groups is 2. The highest BCUT2D eigenvalue weighted by molar-refractivity contribution is 5.97. The van der Waals surface area contributed by atoms with Crippen molar-refractivity contribution in [3.05, 3.63) is 60.2 Å². The molecule has 226 valence electrons. The number of carbonyl (C=O) groups excluding carboxylic acids is 2. The maximum Gasteiger partial charge on any atom is 0.254 e. The second kappa shape index (κ2) is 13.3. The molecule has 0 N–H and O–H groups in total. The third-order valence-corrected chi connectivity index (χ3v) is 8.00. The molecule has 1 aromatic heterocycles. The lowest BCUT2D eigenvalue weighted by Crippen LogP contribution is -2.53. The number of amides is 2. The highest BCUT2D eigenvalue weighted by atomic mass is 16.7. The molecule has 0 atom stereocenters. The van der Waals surface area contributed by atoms with Crippen LogP contribution >= 0.6 is 0 Å². The molecule has 0 spiro atoms. The zero-order chi connectivity index (χ0) is 29.6. The second-order valence-corrected chi connectivity index (χ2v) is 10.6. The molecular weight excluding hydrogens is 552 g/mol. The molecule has 0 saturated carbocycles. The molecule has 0 bridgehead atoms. The van der Waals surface area contributed by atoms with E-state index in [1.54, 1.807) is 30.2 Å². The highest BCUT2D eigenvalue weighted by Crippen LogP contribution is 2.33. The molecule has 3 aliphatic heterocycles. The Morgan fingerprint density at radius 2 is 1.72 bits per heavy atom. The fourth-order valence-electron chi connectivity index (χ4n) is 5.43. The summed E-state index contributed by atoms with van der Waals surface area (Å²) in [6.07, 6.45) is 0. The van der Waals surface area contributed by atoms with Crippen molar-refractivity contribution in [1.82, 2.24) is 24.9 Å². The van der Waals surface area contributed by atoms with Gasteiger partial charge in [-0.2, -0.15) is 0 Å².